The number of carbonyl (C=O) groups is 1. The van der Waals surface area contributed by atoms with Crippen molar-refractivity contribution in [2.24, 2.45) is 18.7 Å². The van der Waals surface area contributed by atoms with E-state index in [1.54, 1.807) is 9.25 Å². The molecule has 2 aliphatic rings. The lowest BCUT2D eigenvalue weighted by molar-refractivity contribution is -0.128. The van der Waals surface area contributed by atoms with Crippen LogP contribution in [-0.2, 0) is 18.4 Å². The van der Waals surface area contributed by atoms with Gasteiger partial charge in [-0.05, 0) is 25.3 Å². The molecule has 2 aromatic heterocycles. The molecule has 1 saturated heterocycles. The first kappa shape index (κ1) is 19.7. The third-order valence-corrected chi connectivity index (χ3v) is 6.12. The summed E-state index contributed by atoms with van der Waals surface area (Å²) in [5, 5.41) is 4.68. The second-order valence-electron chi connectivity index (χ2n) is 8.34. The molecule has 29 heavy (non-hydrogen) atoms. The molecule has 2 aromatic rings. The average molecular weight is 399 g/mol. The smallest absolute Gasteiger partial charge is 0.259 e. The van der Waals surface area contributed by atoms with Gasteiger partial charge in [0.2, 0.25) is 5.91 Å². The number of aromatic nitrogens is 3. The predicted molar refractivity (Wildman–Crippen MR) is 111 cm³/mol. The van der Waals surface area contributed by atoms with E-state index < -0.39 is 6.17 Å². The normalized spacial score (nSPS) is 19.7. The molecule has 2 atom stereocenters. The number of nitrogens with two attached hydrogens (primary N) is 1. The van der Waals surface area contributed by atoms with Crippen LogP contribution in [0.5, 0.6) is 0 Å². The van der Waals surface area contributed by atoms with Crippen LogP contribution in [0.4, 0.5) is 5.69 Å². The fourth-order valence-corrected chi connectivity index (χ4v) is 3.97. The van der Waals surface area contributed by atoms with Crippen molar-refractivity contribution >= 4 is 11.6 Å². The monoisotopic (exact) mass is 399 g/mol. The number of carbonyl (C=O) groups excluding carboxylic acids is 1. The van der Waals surface area contributed by atoms with Gasteiger partial charge in [-0.3, -0.25) is 14.3 Å². The molecule has 9 nitrogen and oxygen atoms in total. The number of aryl methyl sites for hydroxylation is 1. The fraction of sp³-hybridized carbons (Fsp3) is 0.550. The molecular weight excluding hydrogens is 370 g/mol. The minimum atomic E-state index is -0.575. The van der Waals surface area contributed by atoms with Crippen LogP contribution in [0.1, 0.15) is 57.1 Å². The number of rotatable bonds is 5. The Bertz CT molecular complexity index is 1010. The SMILES string of the molecule is CC(C)[C@H](C)n1cc(-c2cc(CN3CCCC3=O)n(C)n2)c2c(c1=O)C(N)NN2. The molecule has 0 aliphatic carbocycles. The highest BCUT2D eigenvalue weighted by Crippen LogP contribution is 2.35. The van der Waals surface area contributed by atoms with Crippen LogP contribution >= 0.6 is 0 Å². The third kappa shape index (κ3) is 3.34. The maximum atomic E-state index is 13.1. The van der Waals surface area contributed by atoms with Crippen LogP contribution < -0.4 is 22.1 Å². The largest absolute Gasteiger partial charge is 0.337 e. The summed E-state index contributed by atoms with van der Waals surface area (Å²) in [5.41, 5.74) is 15.8. The summed E-state index contributed by atoms with van der Waals surface area (Å²) in [4.78, 5) is 26.9. The Morgan fingerprint density at radius 1 is 1.31 bits per heavy atom. The summed E-state index contributed by atoms with van der Waals surface area (Å²) in [7, 11) is 1.88. The standard InChI is InChI=1S/C20H29N7O2/c1-11(2)12(3)27-10-14(18-17(20(27)29)19(21)23-22-18)15-8-13(25(4)24-15)9-26-7-5-6-16(26)28/h8,10-12,19,22-23H,5-7,9,21H2,1-4H3/t12-,19?/m0/s1. The molecule has 0 spiro atoms. The zero-order valence-corrected chi connectivity index (χ0v) is 17.4. The number of likely N-dealkylation sites (tertiary alicyclic amines) is 1. The quantitative estimate of drug-likeness (QED) is 0.702. The number of anilines is 1. The Hall–Kier alpha value is -2.65. The van der Waals surface area contributed by atoms with Crippen molar-refractivity contribution in [2.45, 2.75) is 52.4 Å². The highest BCUT2D eigenvalue weighted by Gasteiger charge is 2.30. The van der Waals surface area contributed by atoms with E-state index in [1.165, 1.54) is 0 Å². The van der Waals surface area contributed by atoms with Crippen molar-refractivity contribution in [3.8, 4) is 11.3 Å². The Balaban J connectivity index is 1.79. The van der Waals surface area contributed by atoms with Crippen molar-refractivity contribution in [1.29, 1.82) is 0 Å². The zero-order valence-electron chi connectivity index (χ0n) is 17.4. The molecule has 4 heterocycles. The molecule has 1 unspecified atom stereocenters. The molecule has 0 saturated carbocycles. The Kier molecular flexibility index (Phi) is 4.95. The van der Waals surface area contributed by atoms with Gasteiger partial charge in [0.05, 0.1) is 29.2 Å². The number of amides is 1. The maximum absolute atomic E-state index is 13.1. The Labute approximate surface area is 169 Å². The highest BCUT2D eigenvalue weighted by molar-refractivity contribution is 5.80. The third-order valence-electron chi connectivity index (χ3n) is 6.12. The van der Waals surface area contributed by atoms with E-state index in [1.807, 2.05) is 31.1 Å². The van der Waals surface area contributed by atoms with E-state index >= 15 is 0 Å². The minimum absolute atomic E-state index is 0.0183. The van der Waals surface area contributed by atoms with Gasteiger partial charge in [0, 0.05) is 37.8 Å². The van der Waals surface area contributed by atoms with Crippen molar-refractivity contribution in [2.75, 3.05) is 12.0 Å². The van der Waals surface area contributed by atoms with Gasteiger partial charge in [0.1, 0.15) is 6.17 Å². The van der Waals surface area contributed by atoms with Gasteiger partial charge in [0.25, 0.3) is 5.56 Å². The van der Waals surface area contributed by atoms with E-state index in [2.05, 4.69) is 29.8 Å². The van der Waals surface area contributed by atoms with Crippen molar-refractivity contribution in [3.05, 3.63) is 33.9 Å². The lowest BCUT2D eigenvalue weighted by atomic mass is 10.0. The van der Waals surface area contributed by atoms with Crippen LogP contribution in [0.3, 0.4) is 0 Å². The molecule has 0 radical (unpaired) electrons. The summed E-state index contributed by atoms with van der Waals surface area (Å²) in [6.07, 6.45) is 2.81. The van der Waals surface area contributed by atoms with E-state index in [0.29, 0.717) is 24.2 Å². The van der Waals surface area contributed by atoms with Gasteiger partial charge in [-0.25, -0.2) is 5.43 Å². The summed E-state index contributed by atoms with van der Waals surface area (Å²) < 4.78 is 3.56. The molecule has 2 aliphatic heterocycles. The number of hydrogen-bond acceptors (Lipinski definition) is 6. The molecule has 4 rings (SSSR count). The number of nitrogens with one attached hydrogen (secondary N) is 2. The highest BCUT2D eigenvalue weighted by atomic mass is 16.2. The van der Waals surface area contributed by atoms with Crippen molar-refractivity contribution in [3.63, 3.8) is 0 Å². The number of pyridine rings is 1. The fourth-order valence-electron chi connectivity index (χ4n) is 3.97. The predicted octanol–water partition coefficient (Wildman–Crippen LogP) is 1.48. The Morgan fingerprint density at radius 2 is 2.07 bits per heavy atom. The first-order valence-corrected chi connectivity index (χ1v) is 10.1. The van der Waals surface area contributed by atoms with Crippen LogP contribution in [0.15, 0.2) is 17.1 Å². The number of fused-ring (bicyclic) bond motifs is 1. The number of hydrogen-bond donors (Lipinski definition) is 3. The van der Waals surface area contributed by atoms with Crippen LogP contribution in [0, 0.1) is 5.92 Å². The Morgan fingerprint density at radius 3 is 2.72 bits per heavy atom. The summed E-state index contributed by atoms with van der Waals surface area (Å²) >= 11 is 0. The first-order chi connectivity index (χ1) is 13.8. The zero-order chi connectivity index (χ0) is 20.9. The number of hydrazine groups is 1. The van der Waals surface area contributed by atoms with Crippen molar-refractivity contribution < 1.29 is 4.79 Å². The molecule has 9 heteroatoms. The van der Waals surface area contributed by atoms with Gasteiger partial charge in [0.15, 0.2) is 0 Å². The van der Waals surface area contributed by atoms with Gasteiger partial charge >= 0.3 is 0 Å². The first-order valence-electron chi connectivity index (χ1n) is 10.1. The molecule has 0 aromatic carbocycles. The van der Waals surface area contributed by atoms with E-state index in [-0.39, 0.29) is 23.4 Å². The lowest BCUT2D eigenvalue weighted by Gasteiger charge is -2.21. The minimum Gasteiger partial charge on any atom is -0.337 e. The van der Waals surface area contributed by atoms with E-state index in [4.69, 9.17) is 5.73 Å². The second kappa shape index (κ2) is 7.31. The molecule has 156 valence electrons. The number of nitrogens with zero attached hydrogens (tertiary/aromatic N) is 4. The van der Waals surface area contributed by atoms with Crippen LogP contribution in [-0.4, -0.2) is 31.7 Å². The molecular formula is C20H29N7O2. The van der Waals surface area contributed by atoms with Crippen LogP contribution in [0.25, 0.3) is 11.3 Å². The van der Waals surface area contributed by atoms with Crippen LogP contribution in [0.2, 0.25) is 0 Å². The lowest BCUT2D eigenvalue weighted by Crippen LogP contribution is -2.33. The van der Waals surface area contributed by atoms with Gasteiger partial charge in [-0.15, -0.1) is 0 Å². The molecule has 1 fully saturated rings. The average Bonchev–Trinajstić information content (AvgIpc) is 3.36. The topological polar surface area (TPSA) is 110 Å². The van der Waals surface area contributed by atoms with E-state index in [0.717, 1.165) is 29.9 Å². The maximum Gasteiger partial charge on any atom is 0.259 e. The molecule has 1 amide bonds. The summed E-state index contributed by atoms with van der Waals surface area (Å²) in [6.45, 7) is 7.54. The molecule has 0 bridgehead atoms. The van der Waals surface area contributed by atoms with Gasteiger partial charge < -0.3 is 20.6 Å². The second-order valence-corrected chi connectivity index (χ2v) is 8.34. The molecule has 4 N–H and O–H groups in total. The van der Waals surface area contributed by atoms with E-state index in [9.17, 15) is 9.59 Å². The van der Waals surface area contributed by atoms with Gasteiger partial charge in [-0.2, -0.15) is 5.10 Å². The van der Waals surface area contributed by atoms with Crippen molar-refractivity contribution in [1.82, 2.24) is 24.7 Å². The summed E-state index contributed by atoms with van der Waals surface area (Å²) in [6, 6.07) is 2.01. The summed E-state index contributed by atoms with van der Waals surface area (Å²) in [5.74, 6) is 0.474. The van der Waals surface area contributed by atoms with Gasteiger partial charge in [-0.1, -0.05) is 13.8 Å².